The van der Waals surface area contributed by atoms with Crippen LogP contribution in [0, 0.1) is 5.92 Å². The van der Waals surface area contributed by atoms with Crippen LogP contribution in [0.3, 0.4) is 0 Å². The molecule has 2 aliphatic rings. The van der Waals surface area contributed by atoms with Crippen molar-refractivity contribution in [3.63, 3.8) is 0 Å². The van der Waals surface area contributed by atoms with Crippen LogP contribution in [0.2, 0.25) is 0 Å². The molecule has 1 aliphatic carbocycles. The van der Waals surface area contributed by atoms with E-state index >= 15 is 0 Å². The van der Waals surface area contributed by atoms with Crippen molar-refractivity contribution in [1.82, 2.24) is 5.32 Å². The van der Waals surface area contributed by atoms with Crippen molar-refractivity contribution in [3.05, 3.63) is 0 Å². The number of ether oxygens (including phenoxy) is 2. The third-order valence-electron chi connectivity index (χ3n) is 5.78. The van der Waals surface area contributed by atoms with E-state index in [1.54, 1.807) is 0 Å². The zero-order chi connectivity index (χ0) is 15.7. The molecule has 2 rings (SSSR count). The van der Waals surface area contributed by atoms with Gasteiger partial charge in [0.25, 0.3) is 0 Å². The average Bonchev–Trinajstić information content (AvgIpc) is 2.58. The fourth-order valence-corrected chi connectivity index (χ4v) is 4.92. The number of methoxy groups -OCH3 is 1. The van der Waals surface area contributed by atoms with Crippen molar-refractivity contribution < 1.29 is 9.47 Å². The van der Waals surface area contributed by atoms with Crippen molar-refractivity contribution in [1.29, 1.82) is 0 Å². The molecule has 0 aromatic heterocycles. The zero-order valence-corrected chi connectivity index (χ0v) is 14.9. The van der Waals surface area contributed by atoms with E-state index in [1.165, 1.54) is 38.5 Å². The highest BCUT2D eigenvalue weighted by atomic mass is 16.5. The van der Waals surface area contributed by atoms with Gasteiger partial charge in [0.2, 0.25) is 0 Å². The van der Waals surface area contributed by atoms with Crippen LogP contribution in [0.25, 0.3) is 0 Å². The second kappa shape index (κ2) is 6.17. The predicted octanol–water partition coefficient (Wildman–Crippen LogP) is 3.91. The SMILES string of the molecule is CNC(C1CC(C)(C)OC1(C)C)C1(OC)CCCCCC1. The Morgan fingerprint density at radius 1 is 1.05 bits per heavy atom. The molecule has 3 nitrogen and oxygen atoms in total. The molecule has 1 saturated carbocycles. The Morgan fingerprint density at radius 2 is 1.62 bits per heavy atom. The second-order valence-corrected chi connectivity index (χ2v) is 8.23. The van der Waals surface area contributed by atoms with Crippen LogP contribution >= 0.6 is 0 Å². The Morgan fingerprint density at radius 3 is 2.00 bits per heavy atom. The van der Waals surface area contributed by atoms with Gasteiger partial charge in [-0.05, 0) is 54.0 Å². The molecule has 0 aromatic carbocycles. The van der Waals surface area contributed by atoms with E-state index in [0.717, 1.165) is 6.42 Å². The lowest BCUT2D eigenvalue weighted by Crippen LogP contribution is -2.58. The van der Waals surface area contributed by atoms with Crippen LogP contribution in [0.4, 0.5) is 0 Å². The predicted molar refractivity (Wildman–Crippen MR) is 87.6 cm³/mol. The van der Waals surface area contributed by atoms with Crippen LogP contribution in [0.5, 0.6) is 0 Å². The Kier molecular flexibility index (Phi) is 5.07. The van der Waals surface area contributed by atoms with E-state index in [-0.39, 0.29) is 16.8 Å². The molecule has 124 valence electrons. The Balaban J connectivity index is 2.28. The maximum atomic E-state index is 6.35. The van der Waals surface area contributed by atoms with E-state index in [4.69, 9.17) is 9.47 Å². The number of hydrogen-bond donors (Lipinski definition) is 1. The molecule has 2 unspecified atom stereocenters. The normalized spacial score (nSPS) is 32.6. The minimum Gasteiger partial charge on any atom is -0.377 e. The number of likely N-dealkylation sites (N-methyl/N-ethyl adjacent to an activating group) is 1. The summed E-state index contributed by atoms with van der Waals surface area (Å²) < 4.78 is 12.5. The fraction of sp³-hybridized carbons (Fsp3) is 1.00. The molecule has 0 radical (unpaired) electrons. The van der Waals surface area contributed by atoms with Gasteiger partial charge in [0.15, 0.2) is 0 Å². The van der Waals surface area contributed by atoms with Crippen LogP contribution in [-0.2, 0) is 9.47 Å². The van der Waals surface area contributed by atoms with E-state index in [2.05, 4.69) is 40.1 Å². The van der Waals surface area contributed by atoms with Gasteiger partial charge in [-0.1, -0.05) is 25.7 Å². The number of nitrogens with one attached hydrogen (secondary N) is 1. The molecule has 1 heterocycles. The minimum atomic E-state index is -0.102. The van der Waals surface area contributed by atoms with Gasteiger partial charge >= 0.3 is 0 Å². The first-order valence-corrected chi connectivity index (χ1v) is 8.69. The summed E-state index contributed by atoms with van der Waals surface area (Å²) in [5, 5.41) is 3.62. The topological polar surface area (TPSA) is 30.5 Å². The molecular weight excluding hydrogens is 262 g/mol. The molecule has 1 N–H and O–H groups in total. The summed E-state index contributed by atoms with van der Waals surface area (Å²) in [6.07, 6.45) is 8.68. The summed E-state index contributed by atoms with van der Waals surface area (Å²) in [4.78, 5) is 0. The summed E-state index contributed by atoms with van der Waals surface area (Å²) >= 11 is 0. The summed E-state index contributed by atoms with van der Waals surface area (Å²) in [7, 11) is 4.00. The molecule has 21 heavy (non-hydrogen) atoms. The van der Waals surface area contributed by atoms with Crippen LogP contribution < -0.4 is 5.32 Å². The molecule has 0 amide bonds. The van der Waals surface area contributed by atoms with Crippen molar-refractivity contribution in [2.75, 3.05) is 14.2 Å². The standard InChI is InChI=1S/C18H35NO2/c1-16(2)13-14(17(3,4)21-16)15(19-5)18(20-6)11-9-7-8-10-12-18/h14-15,19H,7-13H2,1-6H3. The lowest BCUT2D eigenvalue weighted by atomic mass is 9.72. The minimum absolute atomic E-state index is 0.0308. The molecule has 0 bridgehead atoms. The van der Waals surface area contributed by atoms with E-state index in [0.29, 0.717) is 12.0 Å². The first kappa shape index (κ1) is 17.2. The fourth-order valence-electron chi connectivity index (χ4n) is 4.92. The van der Waals surface area contributed by atoms with Gasteiger partial charge < -0.3 is 14.8 Å². The summed E-state index contributed by atoms with van der Waals surface area (Å²) in [5.74, 6) is 0.482. The Labute approximate surface area is 131 Å². The molecule has 3 heteroatoms. The molecule has 2 fully saturated rings. The number of rotatable bonds is 4. The van der Waals surface area contributed by atoms with Gasteiger partial charge in [0.1, 0.15) is 0 Å². The van der Waals surface area contributed by atoms with E-state index in [1.807, 2.05) is 7.11 Å². The monoisotopic (exact) mass is 297 g/mol. The maximum Gasteiger partial charge on any atom is 0.0834 e. The summed E-state index contributed by atoms with van der Waals surface area (Å²) in [6, 6.07) is 0.359. The highest BCUT2D eigenvalue weighted by Crippen LogP contribution is 2.48. The van der Waals surface area contributed by atoms with Crippen molar-refractivity contribution >= 4 is 0 Å². The summed E-state index contributed by atoms with van der Waals surface area (Å²) in [6.45, 7) is 8.93. The molecule has 0 spiro atoms. The maximum absolute atomic E-state index is 6.35. The second-order valence-electron chi connectivity index (χ2n) is 8.23. The molecule has 0 aromatic rings. The first-order valence-electron chi connectivity index (χ1n) is 8.69. The van der Waals surface area contributed by atoms with Gasteiger partial charge in [0, 0.05) is 19.1 Å². The average molecular weight is 297 g/mol. The zero-order valence-electron chi connectivity index (χ0n) is 14.9. The smallest absolute Gasteiger partial charge is 0.0834 e. The lowest BCUT2D eigenvalue weighted by Gasteiger charge is -2.45. The van der Waals surface area contributed by atoms with Crippen molar-refractivity contribution in [2.24, 2.45) is 5.92 Å². The van der Waals surface area contributed by atoms with Gasteiger partial charge in [-0.25, -0.2) is 0 Å². The third kappa shape index (κ3) is 3.46. The number of hydrogen-bond acceptors (Lipinski definition) is 3. The Hall–Kier alpha value is -0.120. The summed E-state index contributed by atoms with van der Waals surface area (Å²) in [5.41, 5.74) is -0.172. The van der Waals surface area contributed by atoms with Gasteiger partial charge in [-0.2, -0.15) is 0 Å². The molecular formula is C18H35NO2. The first-order chi connectivity index (χ1) is 9.76. The molecule has 1 saturated heterocycles. The van der Waals surface area contributed by atoms with Crippen molar-refractivity contribution in [3.8, 4) is 0 Å². The van der Waals surface area contributed by atoms with Gasteiger partial charge in [0.05, 0.1) is 16.8 Å². The highest BCUT2D eigenvalue weighted by Gasteiger charge is 2.54. The highest BCUT2D eigenvalue weighted by molar-refractivity contribution is 5.06. The van der Waals surface area contributed by atoms with Gasteiger partial charge in [-0.3, -0.25) is 0 Å². The van der Waals surface area contributed by atoms with Crippen LogP contribution in [-0.4, -0.2) is 37.0 Å². The van der Waals surface area contributed by atoms with E-state index < -0.39 is 0 Å². The quantitative estimate of drug-likeness (QED) is 0.798. The van der Waals surface area contributed by atoms with Crippen LogP contribution in [0.1, 0.15) is 72.6 Å². The van der Waals surface area contributed by atoms with Crippen molar-refractivity contribution in [2.45, 2.75) is 95.5 Å². The lowest BCUT2D eigenvalue weighted by molar-refractivity contribution is -0.107. The van der Waals surface area contributed by atoms with Gasteiger partial charge in [-0.15, -0.1) is 0 Å². The van der Waals surface area contributed by atoms with Crippen LogP contribution in [0.15, 0.2) is 0 Å². The largest absolute Gasteiger partial charge is 0.377 e. The third-order valence-corrected chi connectivity index (χ3v) is 5.78. The molecule has 1 aliphatic heterocycles. The van der Waals surface area contributed by atoms with E-state index in [9.17, 15) is 0 Å². The molecule has 2 atom stereocenters. The Bertz CT molecular complexity index is 343.